The molecule has 0 aromatic carbocycles. The van der Waals surface area contributed by atoms with Crippen molar-refractivity contribution in [2.45, 2.75) is 179 Å². The maximum absolute atomic E-state index is 14.2. The van der Waals surface area contributed by atoms with E-state index in [4.69, 9.17) is 33.2 Å². The first-order valence-corrected chi connectivity index (χ1v) is 18.9. The van der Waals surface area contributed by atoms with Gasteiger partial charge in [0.2, 0.25) is 0 Å². The smallest absolute Gasteiger partial charge is 0.311 e. The number of esters is 1. The van der Waals surface area contributed by atoms with Crippen LogP contribution in [0.2, 0.25) is 0 Å². The molecule has 0 aliphatic carbocycles. The van der Waals surface area contributed by atoms with E-state index in [9.17, 15) is 35.1 Å². The molecule has 3 fully saturated rings. The number of rotatable bonds is 8. The van der Waals surface area contributed by atoms with Crippen molar-refractivity contribution >= 4 is 11.8 Å². The number of ketones is 1. The molecule has 15 nitrogen and oxygen atoms in total. The fraction of sp³-hybridized carbons (Fsp3) is 0.947. The Hall–Kier alpha value is -1.34. The van der Waals surface area contributed by atoms with E-state index in [2.05, 4.69) is 0 Å². The van der Waals surface area contributed by atoms with Crippen molar-refractivity contribution in [1.29, 1.82) is 0 Å². The average Bonchev–Trinajstić information content (AvgIpc) is 3.09. The molecule has 0 spiro atoms. The van der Waals surface area contributed by atoms with Crippen LogP contribution < -0.4 is 0 Å². The van der Waals surface area contributed by atoms with E-state index < -0.39 is 114 Å². The van der Waals surface area contributed by atoms with Gasteiger partial charge < -0.3 is 63.6 Å². The monoisotopic (exact) mass is 763 g/mol. The van der Waals surface area contributed by atoms with Crippen molar-refractivity contribution < 1.29 is 68.3 Å². The minimum absolute atomic E-state index is 0.0578. The zero-order chi connectivity index (χ0) is 40.5. The number of methoxy groups -OCH3 is 2. The molecule has 0 radical (unpaired) electrons. The minimum atomic E-state index is -2.24. The van der Waals surface area contributed by atoms with Gasteiger partial charge in [-0.2, -0.15) is 0 Å². The molecule has 0 aromatic heterocycles. The summed E-state index contributed by atoms with van der Waals surface area (Å²) in [5.41, 5.74) is -4.61. The van der Waals surface area contributed by atoms with E-state index in [1.165, 1.54) is 35.0 Å². The summed E-state index contributed by atoms with van der Waals surface area (Å²) in [5, 5.41) is 56.4. The lowest BCUT2D eigenvalue weighted by Gasteiger charge is -2.50. The number of carbonyl (C=O) groups excluding carboxylic acids is 2. The van der Waals surface area contributed by atoms with Crippen LogP contribution in [0.4, 0.5) is 0 Å². The lowest BCUT2D eigenvalue weighted by Crippen LogP contribution is -2.62. The number of cyclic esters (lactones) is 1. The molecule has 0 aromatic rings. The van der Waals surface area contributed by atoms with Gasteiger partial charge in [-0.05, 0) is 75.4 Å². The summed E-state index contributed by atoms with van der Waals surface area (Å²) in [6.07, 6.45) is -11.5. The normalized spacial score (nSPS) is 48.9. The summed E-state index contributed by atoms with van der Waals surface area (Å²) in [4.78, 5) is 30.1. The second kappa shape index (κ2) is 17.9. The fourth-order valence-electron chi connectivity index (χ4n) is 8.64. The van der Waals surface area contributed by atoms with Crippen LogP contribution in [0.3, 0.4) is 0 Å². The van der Waals surface area contributed by atoms with Crippen LogP contribution in [0, 0.1) is 23.7 Å². The molecule has 3 heterocycles. The van der Waals surface area contributed by atoms with Crippen molar-refractivity contribution in [3.63, 3.8) is 0 Å². The number of Topliss-reactive ketones (excluding diaryl/α,β-unsaturated/α-hetero) is 1. The number of carbonyl (C=O) groups is 2. The molecule has 310 valence electrons. The average molecular weight is 764 g/mol. The zero-order valence-corrected chi connectivity index (χ0v) is 34.2. The molecule has 15 heteroatoms. The van der Waals surface area contributed by atoms with E-state index in [1.807, 2.05) is 25.9 Å². The topological polar surface area (TPSA) is 203 Å². The molecule has 0 bridgehead atoms. The lowest BCUT2D eigenvalue weighted by molar-refractivity contribution is -0.319. The highest BCUT2D eigenvalue weighted by molar-refractivity contribution is 5.83. The van der Waals surface area contributed by atoms with Crippen LogP contribution in [0.25, 0.3) is 0 Å². The molecule has 5 N–H and O–H groups in total. The first-order chi connectivity index (χ1) is 24.4. The van der Waals surface area contributed by atoms with Crippen molar-refractivity contribution in [3.8, 4) is 0 Å². The predicted molar refractivity (Wildman–Crippen MR) is 192 cm³/mol. The number of hydrogen-bond acceptors (Lipinski definition) is 15. The standard InChI is InChI=1S/C38H69NO14/c1-18-16-37(9,48-14)32(53-35-28(42)25(39(11)12)15-19(2)49-35)21(4)29(51-26-17-36(8,47-13)31(44)24(7)50-26)22(5)34(45)52-33(23(6)40)38(10,46)30(43)20(3)27(18)41/h18-26,28-33,35,40,42-44,46H,15-17H2,1-14H3/t18-,19-,20-,21+,22-,23?,24+,25+,26+,28-,29?,30-,31+,32-,33-,35+,36-,37+,38+/m1/s1. The molecule has 3 aliphatic heterocycles. The van der Waals surface area contributed by atoms with Gasteiger partial charge in [0.25, 0.3) is 0 Å². The Labute approximate surface area is 315 Å². The molecule has 3 rings (SSSR count). The number of hydrogen-bond donors (Lipinski definition) is 5. The quantitative estimate of drug-likeness (QED) is 0.222. The predicted octanol–water partition coefficient (Wildman–Crippen LogP) is 1.41. The number of aliphatic hydroxyl groups is 5. The van der Waals surface area contributed by atoms with Crippen LogP contribution in [0.15, 0.2) is 0 Å². The second-order valence-electron chi connectivity index (χ2n) is 16.9. The Bertz CT molecular complexity index is 1220. The van der Waals surface area contributed by atoms with Crippen LogP contribution in [0.1, 0.15) is 88.5 Å². The van der Waals surface area contributed by atoms with Gasteiger partial charge in [0, 0.05) is 44.4 Å². The summed E-state index contributed by atoms with van der Waals surface area (Å²) in [6.45, 7) is 16.1. The molecule has 19 atom stereocenters. The molecule has 53 heavy (non-hydrogen) atoms. The van der Waals surface area contributed by atoms with Gasteiger partial charge in [0.05, 0.1) is 53.7 Å². The lowest BCUT2D eigenvalue weighted by atomic mass is 9.73. The van der Waals surface area contributed by atoms with Gasteiger partial charge in [-0.3, -0.25) is 9.59 Å². The Morgan fingerprint density at radius 2 is 1.43 bits per heavy atom. The van der Waals surface area contributed by atoms with E-state index in [0.717, 1.165) is 0 Å². The molecule has 0 saturated carbocycles. The summed E-state index contributed by atoms with van der Waals surface area (Å²) in [6, 6.07) is -0.310. The van der Waals surface area contributed by atoms with Crippen molar-refractivity contribution in [2.24, 2.45) is 23.7 Å². The number of likely N-dealkylation sites (N-methyl/N-ethyl adjacent to an activating group) is 1. The van der Waals surface area contributed by atoms with Gasteiger partial charge in [-0.1, -0.05) is 20.8 Å². The molecule has 0 amide bonds. The van der Waals surface area contributed by atoms with E-state index in [1.54, 1.807) is 41.5 Å². The molecule has 3 saturated heterocycles. The number of aliphatic hydroxyl groups excluding tert-OH is 4. The Kier molecular flexibility index (Phi) is 15.5. The second-order valence-corrected chi connectivity index (χ2v) is 16.9. The van der Waals surface area contributed by atoms with Crippen LogP contribution in [-0.4, -0.2) is 161 Å². The number of nitrogens with zero attached hydrogens (tertiary/aromatic N) is 1. The molecular formula is C38H69NO14. The van der Waals surface area contributed by atoms with Crippen molar-refractivity contribution in [1.82, 2.24) is 4.90 Å². The highest BCUT2D eigenvalue weighted by Gasteiger charge is 2.54. The largest absolute Gasteiger partial charge is 0.456 e. The van der Waals surface area contributed by atoms with Crippen LogP contribution >= 0.6 is 0 Å². The maximum Gasteiger partial charge on any atom is 0.311 e. The van der Waals surface area contributed by atoms with Gasteiger partial charge in [0.1, 0.15) is 23.6 Å². The SMILES string of the molecule is CO[C@]1(C)C[C@H](OC2[C@@H](C)C(=O)O[C@H](C(C)O)[C@@](C)(O)[C@H](O)[C@H](C)C(=O)[C@H](C)C[C@](C)(OC)[C@H](O[C@@H]3O[C@H](C)C[C@H](N(C)C)[C@H]3O)[C@H]2C)O[C@@H](C)[C@@H]1O. The zero-order valence-electron chi connectivity index (χ0n) is 34.2. The number of ether oxygens (including phenoxy) is 7. The fourth-order valence-corrected chi connectivity index (χ4v) is 8.64. The third-order valence-electron chi connectivity index (χ3n) is 12.2. The van der Waals surface area contributed by atoms with Crippen LogP contribution in [0.5, 0.6) is 0 Å². The highest BCUT2D eigenvalue weighted by Crippen LogP contribution is 2.42. The summed E-state index contributed by atoms with van der Waals surface area (Å²) >= 11 is 0. The van der Waals surface area contributed by atoms with Crippen molar-refractivity contribution in [2.75, 3.05) is 28.3 Å². The van der Waals surface area contributed by atoms with Gasteiger partial charge in [-0.25, -0.2) is 0 Å². The Morgan fingerprint density at radius 1 is 0.849 bits per heavy atom. The van der Waals surface area contributed by atoms with Gasteiger partial charge in [0.15, 0.2) is 18.7 Å². The Morgan fingerprint density at radius 3 is 1.96 bits per heavy atom. The summed E-state index contributed by atoms with van der Waals surface area (Å²) in [5.74, 6) is -5.10. The maximum atomic E-state index is 14.2. The van der Waals surface area contributed by atoms with Crippen LogP contribution in [-0.2, 0) is 42.7 Å². The highest BCUT2D eigenvalue weighted by atomic mass is 16.7. The summed E-state index contributed by atoms with van der Waals surface area (Å²) < 4.78 is 43.6. The third-order valence-corrected chi connectivity index (χ3v) is 12.2. The van der Waals surface area contributed by atoms with E-state index >= 15 is 0 Å². The first kappa shape index (κ1) is 46.0. The molecular weight excluding hydrogens is 694 g/mol. The minimum Gasteiger partial charge on any atom is -0.456 e. The molecule has 2 unspecified atom stereocenters. The molecule has 3 aliphatic rings. The van der Waals surface area contributed by atoms with E-state index in [-0.39, 0.29) is 25.0 Å². The van der Waals surface area contributed by atoms with E-state index in [0.29, 0.717) is 6.42 Å². The summed E-state index contributed by atoms with van der Waals surface area (Å²) in [7, 11) is 6.68. The third kappa shape index (κ3) is 9.80. The van der Waals surface area contributed by atoms with Gasteiger partial charge >= 0.3 is 5.97 Å². The first-order valence-electron chi connectivity index (χ1n) is 18.9. The van der Waals surface area contributed by atoms with Crippen molar-refractivity contribution in [3.05, 3.63) is 0 Å². The van der Waals surface area contributed by atoms with Gasteiger partial charge in [-0.15, -0.1) is 0 Å². The Balaban J connectivity index is 2.24.